The first-order valence-electron chi connectivity index (χ1n) is 8.85. The monoisotopic (exact) mass is 408 g/mol. The Morgan fingerprint density at radius 3 is 2.57 bits per heavy atom. The summed E-state index contributed by atoms with van der Waals surface area (Å²) in [7, 11) is -3.77. The second kappa shape index (κ2) is 9.03. The fraction of sp³-hybridized carbons (Fsp3) is 0.316. The third kappa shape index (κ3) is 5.20. The van der Waals surface area contributed by atoms with Gasteiger partial charge in [0.05, 0.1) is 4.90 Å². The molecule has 0 bridgehead atoms. The van der Waals surface area contributed by atoms with Gasteiger partial charge in [-0.05, 0) is 30.2 Å². The highest BCUT2D eigenvalue weighted by atomic mass is 32.2. The molecule has 1 amide bonds. The minimum atomic E-state index is -3.77. The molecule has 1 aliphatic rings. The van der Waals surface area contributed by atoms with Gasteiger partial charge in [-0.15, -0.1) is 0 Å². The molecule has 2 N–H and O–H groups in total. The van der Waals surface area contributed by atoms with Crippen molar-refractivity contribution in [3.8, 4) is 11.5 Å². The highest BCUT2D eigenvalue weighted by Gasteiger charge is 2.19. The van der Waals surface area contributed by atoms with Crippen molar-refractivity contribution in [1.82, 2.24) is 10.0 Å². The third-order valence-corrected chi connectivity index (χ3v) is 5.60. The maximum atomic E-state index is 13.5. The first-order chi connectivity index (χ1) is 13.5. The Morgan fingerprint density at radius 1 is 1.04 bits per heavy atom. The second-order valence-corrected chi connectivity index (χ2v) is 7.91. The van der Waals surface area contributed by atoms with Crippen LogP contribution in [0.3, 0.4) is 0 Å². The van der Waals surface area contributed by atoms with Crippen molar-refractivity contribution in [2.45, 2.75) is 17.7 Å². The summed E-state index contributed by atoms with van der Waals surface area (Å²) >= 11 is 0. The standard InChI is InChI=1S/C19H21FN2O5S/c20-16-4-2-1-3-14(16)7-9-21-19(23)8-10-22-28(24,25)15-5-6-17-18(13-15)27-12-11-26-17/h1-6,13,22H,7-12H2,(H,21,23). The SMILES string of the molecule is O=C(CCNS(=O)(=O)c1ccc2c(c1)OCCO2)NCCc1ccccc1F. The Morgan fingerprint density at radius 2 is 1.79 bits per heavy atom. The van der Waals surface area contributed by atoms with Crippen LogP contribution < -0.4 is 19.5 Å². The molecular weight excluding hydrogens is 387 g/mol. The highest BCUT2D eigenvalue weighted by Crippen LogP contribution is 2.32. The van der Waals surface area contributed by atoms with Gasteiger partial charge in [0.15, 0.2) is 11.5 Å². The highest BCUT2D eigenvalue weighted by molar-refractivity contribution is 7.89. The smallest absolute Gasteiger partial charge is 0.240 e. The van der Waals surface area contributed by atoms with E-state index in [-0.39, 0.29) is 36.1 Å². The van der Waals surface area contributed by atoms with Crippen molar-refractivity contribution < 1.29 is 27.1 Å². The van der Waals surface area contributed by atoms with Crippen LogP contribution in [-0.2, 0) is 21.2 Å². The Hall–Kier alpha value is -2.65. The number of carbonyl (C=O) groups excluding carboxylic acids is 1. The number of nitrogens with one attached hydrogen (secondary N) is 2. The number of ether oxygens (including phenoxy) is 2. The summed E-state index contributed by atoms with van der Waals surface area (Å²) in [6.45, 7) is 0.997. The Bertz CT molecular complexity index is 949. The fourth-order valence-corrected chi connectivity index (χ4v) is 3.75. The minimum absolute atomic E-state index is 0.0267. The van der Waals surface area contributed by atoms with Gasteiger partial charge < -0.3 is 14.8 Å². The van der Waals surface area contributed by atoms with Gasteiger partial charge in [-0.1, -0.05) is 18.2 Å². The molecule has 0 unspecified atom stereocenters. The quantitative estimate of drug-likeness (QED) is 0.692. The summed E-state index contributed by atoms with van der Waals surface area (Å²) in [6, 6.07) is 10.7. The van der Waals surface area contributed by atoms with E-state index in [2.05, 4.69) is 10.0 Å². The normalized spacial score (nSPS) is 13.2. The first-order valence-corrected chi connectivity index (χ1v) is 10.3. The summed E-state index contributed by atoms with van der Waals surface area (Å²) in [5.74, 6) is 0.240. The molecule has 3 rings (SSSR count). The number of hydrogen-bond donors (Lipinski definition) is 2. The molecule has 2 aromatic rings. The number of sulfonamides is 1. The van der Waals surface area contributed by atoms with Crippen LogP contribution in [0.4, 0.5) is 4.39 Å². The summed E-state index contributed by atoms with van der Waals surface area (Å²) < 4.78 is 51.4. The molecule has 9 heteroatoms. The lowest BCUT2D eigenvalue weighted by atomic mass is 10.1. The molecule has 1 aliphatic heterocycles. The van der Waals surface area contributed by atoms with Gasteiger partial charge in [0.2, 0.25) is 15.9 Å². The topological polar surface area (TPSA) is 93.7 Å². The predicted molar refractivity (Wildman–Crippen MR) is 100 cm³/mol. The second-order valence-electron chi connectivity index (χ2n) is 6.14. The number of rotatable bonds is 8. The van der Waals surface area contributed by atoms with Crippen molar-refractivity contribution in [2.75, 3.05) is 26.3 Å². The number of fused-ring (bicyclic) bond motifs is 1. The van der Waals surface area contributed by atoms with E-state index in [1.165, 1.54) is 18.2 Å². The molecule has 0 radical (unpaired) electrons. The zero-order valence-corrected chi connectivity index (χ0v) is 15.9. The number of halogens is 1. The van der Waals surface area contributed by atoms with Gasteiger partial charge in [-0.2, -0.15) is 0 Å². The van der Waals surface area contributed by atoms with E-state index in [0.29, 0.717) is 36.7 Å². The average molecular weight is 408 g/mol. The molecule has 0 saturated heterocycles. The Labute approximate surface area is 162 Å². The predicted octanol–water partition coefficient (Wildman–Crippen LogP) is 1.62. The molecule has 7 nitrogen and oxygen atoms in total. The summed E-state index contributed by atoms with van der Waals surface area (Å²) in [5, 5.41) is 2.65. The minimum Gasteiger partial charge on any atom is -0.486 e. The largest absolute Gasteiger partial charge is 0.486 e. The first kappa shape index (κ1) is 20.1. The third-order valence-electron chi connectivity index (χ3n) is 4.14. The molecule has 0 saturated carbocycles. The van der Waals surface area contributed by atoms with Gasteiger partial charge in [0.1, 0.15) is 19.0 Å². The van der Waals surface area contributed by atoms with E-state index in [0.717, 1.165) is 0 Å². The molecule has 2 aromatic carbocycles. The molecule has 28 heavy (non-hydrogen) atoms. The maximum absolute atomic E-state index is 13.5. The van der Waals surface area contributed by atoms with Gasteiger partial charge in [0, 0.05) is 25.6 Å². The van der Waals surface area contributed by atoms with Crippen molar-refractivity contribution >= 4 is 15.9 Å². The van der Waals surface area contributed by atoms with Crippen molar-refractivity contribution in [2.24, 2.45) is 0 Å². The molecular formula is C19H21FN2O5S. The Balaban J connectivity index is 1.44. The van der Waals surface area contributed by atoms with Gasteiger partial charge >= 0.3 is 0 Å². The van der Waals surface area contributed by atoms with Crippen molar-refractivity contribution in [3.63, 3.8) is 0 Å². The lowest BCUT2D eigenvalue weighted by molar-refractivity contribution is -0.120. The lowest BCUT2D eigenvalue weighted by Crippen LogP contribution is -2.31. The van der Waals surface area contributed by atoms with Crippen LogP contribution >= 0.6 is 0 Å². The number of carbonyl (C=O) groups is 1. The van der Waals surface area contributed by atoms with Crippen LogP contribution in [0.2, 0.25) is 0 Å². The fourth-order valence-electron chi connectivity index (χ4n) is 2.70. The van der Waals surface area contributed by atoms with Crippen LogP contribution in [0, 0.1) is 5.82 Å². The molecule has 0 fully saturated rings. The summed E-state index contributed by atoms with van der Waals surface area (Å²) in [4.78, 5) is 11.9. The van der Waals surface area contributed by atoms with E-state index < -0.39 is 10.0 Å². The van der Waals surface area contributed by atoms with Crippen LogP contribution in [-0.4, -0.2) is 40.6 Å². The number of amides is 1. The zero-order chi connectivity index (χ0) is 20.0. The van der Waals surface area contributed by atoms with Gasteiger partial charge in [0.25, 0.3) is 0 Å². The molecule has 1 heterocycles. The number of hydrogen-bond acceptors (Lipinski definition) is 5. The average Bonchev–Trinajstić information content (AvgIpc) is 2.69. The molecule has 0 spiro atoms. The van der Waals surface area contributed by atoms with E-state index in [1.807, 2.05) is 0 Å². The van der Waals surface area contributed by atoms with Crippen LogP contribution in [0.5, 0.6) is 11.5 Å². The molecule has 0 aliphatic carbocycles. The lowest BCUT2D eigenvalue weighted by Gasteiger charge is -2.18. The van der Waals surface area contributed by atoms with Crippen LogP contribution in [0.25, 0.3) is 0 Å². The van der Waals surface area contributed by atoms with Crippen molar-refractivity contribution in [1.29, 1.82) is 0 Å². The zero-order valence-electron chi connectivity index (χ0n) is 15.1. The Kier molecular flexibility index (Phi) is 6.48. The van der Waals surface area contributed by atoms with Gasteiger partial charge in [-0.3, -0.25) is 4.79 Å². The maximum Gasteiger partial charge on any atom is 0.240 e. The molecule has 0 aromatic heterocycles. The summed E-state index contributed by atoms with van der Waals surface area (Å²) in [5.41, 5.74) is 0.516. The summed E-state index contributed by atoms with van der Waals surface area (Å²) in [6.07, 6.45) is 0.336. The van der Waals surface area contributed by atoms with E-state index in [1.54, 1.807) is 24.3 Å². The van der Waals surface area contributed by atoms with Crippen LogP contribution in [0.15, 0.2) is 47.4 Å². The molecule has 150 valence electrons. The van der Waals surface area contributed by atoms with Crippen molar-refractivity contribution in [3.05, 3.63) is 53.8 Å². The van der Waals surface area contributed by atoms with Gasteiger partial charge in [-0.25, -0.2) is 17.5 Å². The van der Waals surface area contributed by atoms with E-state index >= 15 is 0 Å². The van der Waals surface area contributed by atoms with Crippen LogP contribution in [0.1, 0.15) is 12.0 Å². The van der Waals surface area contributed by atoms with E-state index in [9.17, 15) is 17.6 Å². The number of benzene rings is 2. The molecule has 0 atom stereocenters. The van der Waals surface area contributed by atoms with E-state index in [4.69, 9.17) is 9.47 Å².